The summed E-state index contributed by atoms with van der Waals surface area (Å²) in [6.45, 7) is 4.89. The van der Waals surface area contributed by atoms with Gasteiger partial charge >= 0.3 is 0 Å². The number of nitrogens with zero attached hydrogens (tertiary/aromatic N) is 3. The molecule has 2 atom stereocenters. The smallest absolute Gasteiger partial charge is 0.0589 e. The molecular formula is C13H24N4O. The van der Waals surface area contributed by atoms with Gasteiger partial charge in [0.25, 0.3) is 0 Å². The van der Waals surface area contributed by atoms with Crippen LogP contribution in [0.5, 0.6) is 0 Å². The van der Waals surface area contributed by atoms with Crippen LogP contribution >= 0.6 is 0 Å². The van der Waals surface area contributed by atoms with E-state index in [4.69, 9.17) is 10.5 Å². The summed E-state index contributed by atoms with van der Waals surface area (Å²) < 4.78 is 7.12. The molecule has 2 N–H and O–H groups in total. The Morgan fingerprint density at radius 1 is 1.56 bits per heavy atom. The van der Waals surface area contributed by atoms with Crippen molar-refractivity contribution in [2.24, 2.45) is 12.8 Å². The van der Waals surface area contributed by atoms with Crippen LogP contribution in [0.15, 0.2) is 6.20 Å². The second kappa shape index (κ2) is 5.82. The Bertz CT molecular complexity index is 390. The summed E-state index contributed by atoms with van der Waals surface area (Å²) in [5.41, 5.74) is 8.80. The summed E-state index contributed by atoms with van der Waals surface area (Å²) in [5, 5.41) is 4.34. The molecule has 0 saturated carbocycles. The quantitative estimate of drug-likeness (QED) is 0.862. The minimum atomic E-state index is 0.193. The predicted octanol–water partition coefficient (Wildman–Crippen LogP) is 0.839. The van der Waals surface area contributed by atoms with E-state index < -0.39 is 0 Å². The number of rotatable bonds is 4. The third-order valence-electron chi connectivity index (χ3n) is 3.96. The lowest BCUT2D eigenvalue weighted by atomic mass is 9.91. The van der Waals surface area contributed by atoms with Crippen molar-refractivity contribution < 1.29 is 4.74 Å². The van der Waals surface area contributed by atoms with Gasteiger partial charge in [-0.2, -0.15) is 5.10 Å². The van der Waals surface area contributed by atoms with Gasteiger partial charge in [-0.3, -0.25) is 9.58 Å². The highest BCUT2D eigenvalue weighted by atomic mass is 16.5. The van der Waals surface area contributed by atoms with Gasteiger partial charge in [-0.05, 0) is 26.3 Å². The average molecular weight is 252 g/mol. The van der Waals surface area contributed by atoms with Gasteiger partial charge in [0, 0.05) is 38.0 Å². The standard InChI is InChI=1S/C13H24N4O/c1-10-11(9-15-16(10)2)13-12(14)5-4-6-17(13)7-8-18-3/h9,12-13H,4-8,14H2,1-3H3. The third-order valence-corrected chi connectivity index (χ3v) is 3.96. The van der Waals surface area contributed by atoms with Crippen LogP contribution in [-0.2, 0) is 11.8 Å². The Morgan fingerprint density at radius 3 is 2.94 bits per heavy atom. The fraction of sp³-hybridized carbons (Fsp3) is 0.769. The van der Waals surface area contributed by atoms with E-state index in [1.807, 2.05) is 17.9 Å². The van der Waals surface area contributed by atoms with Gasteiger partial charge in [0.1, 0.15) is 0 Å². The van der Waals surface area contributed by atoms with E-state index in [0.29, 0.717) is 0 Å². The zero-order chi connectivity index (χ0) is 13.1. The average Bonchev–Trinajstić information content (AvgIpc) is 2.68. The molecule has 0 spiro atoms. The number of nitrogens with two attached hydrogens (primary N) is 1. The highest BCUT2D eigenvalue weighted by Gasteiger charge is 2.32. The van der Waals surface area contributed by atoms with Gasteiger partial charge in [0.2, 0.25) is 0 Å². The molecule has 1 aliphatic rings. The van der Waals surface area contributed by atoms with Crippen LogP contribution in [0, 0.1) is 6.92 Å². The SMILES string of the molecule is COCCN1CCCC(N)C1c1cnn(C)c1C. The number of hydrogen-bond acceptors (Lipinski definition) is 4. The summed E-state index contributed by atoms with van der Waals surface area (Å²) >= 11 is 0. The monoisotopic (exact) mass is 252 g/mol. The fourth-order valence-electron chi connectivity index (χ4n) is 2.79. The molecule has 0 radical (unpaired) electrons. The molecular weight excluding hydrogens is 228 g/mol. The second-order valence-corrected chi connectivity index (χ2v) is 5.09. The molecule has 102 valence electrons. The molecule has 2 rings (SSSR count). The van der Waals surface area contributed by atoms with E-state index >= 15 is 0 Å². The van der Waals surface area contributed by atoms with Crippen molar-refractivity contribution in [3.05, 3.63) is 17.5 Å². The van der Waals surface area contributed by atoms with E-state index in [-0.39, 0.29) is 12.1 Å². The molecule has 5 nitrogen and oxygen atoms in total. The molecule has 18 heavy (non-hydrogen) atoms. The van der Waals surface area contributed by atoms with Gasteiger partial charge < -0.3 is 10.5 Å². The van der Waals surface area contributed by atoms with Crippen LogP contribution in [0.3, 0.4) is 0 Å². The maximum Gasteiger partial charge on any atom is 0.0589 e. The number of aryl methyl sites for hydroxylation is 1. The van der Waals surface area contributed by atoms with Crippen LogP contribution in [0.25, 0.3) is 0 Å². The van der Waals surface area contributed by atoms with Crippen LogP contribution in [0.2, 0.25) is 0 Å². The van der Waals surface area contributed by atoms with E-state index in [1.165, 1.54) is 17.7 Å². The van der Waals surface area contributed by atoms with E-state index in [0.717, 1.165) is 26.1 Å². The van der Waals surface area contributed by atoms with E-state index in [2.05, 4.69) is 16.9 Å². The van der Waals surface area contributed by atoms with E-state index in [1.54, 1.807) is 7.11 Å². The summed E-state index contributed by atoms with van der Waals surface area (Å²) in [6, 6.07) is 0.473. The van der Waals surface area contributed by atoms with Crippen molar-refractivity contribution in [2.75, 3.05) is 26.8 Å². The number of likely N-dealkylation sites (tertiary alicyclic amines) is 1. The van der Waals surface area contributed by atoms with Crippen LogP contribution < -0.4 is 5.73 Å². The van der Waals surface area contributed by atoms with Crippen LogP contribution in [-0.4, -0.2) is 47.5 Å². The zero-order valence-electron chi connectivity index (χ0n) is 11.6. The number of ether oxygens (including phenoxy) is 1. The molecule has 2 heterocycles. The third kappa shape index (κ3) is 2.58. The summed E-state index contributed by atoms with van der Waals surface area (Å²) in [7, 11) is 3.72. The van der Waals surface area contributed by atoms with Crippen molar-refractivity contribution in [1.29, 1.82) is 0 Å². The predicted molar refractivity (Wildman–Crippen MR) is 71.3 cm³/mol. The van der Waals surface area contributed by atoms with Crippen LogP contribution in [0.4, 0.5) is 0 Å². The number of methoxy groups -OCH3 is 1. The first-order valence-electron chi connectivity index (χ1n) is 6.62. The Hall–Kier alpha value is -0.910. The second-order valence-electron chi connectivity index (χ2n) is 5.09. The minimum absolute atomic E-state index is 0.193. The molecule has 5 heteroatoms. The van der Waals surface area contributed by atoms with Crippen LogP contribution in [0.1, 0.15) is 30.1 Å². The Labute approximate surface area is 109 Å². The van der Waals surface area contributed by atoms with Crippen molar-refractivity contribution in [2.45, 2.75) is 31.8 Å². The first-order valence-corrected chi connectivity index (χ1v) is 6.62. The Balaban J connectivity index is 2.21. The summed E-state index contributed by atoms with van der Waals surface area (Å²) in [4.78, 5) is 2.43. The van der Waals surface area contributed by atoms with E-state index in [9.17, 15) is 0 Å². The molecule has 1 aliphatic heterocycles. The lowest BCUT2D eigenvalue weighted by Gasteiger charge is -2.39. The topological polar surface area (TPSA) is 56.3 Å². The van der Waals surface area contributed by atoms with Gasteiger partial charge in [0.05, 0.1) is 18.8 Å². The number of piperidine rings is 1. The highest BCUT2D eigenvalue weighted by Crippen LogP contribution is 2.31. The highest BCUT2D eigenvalue weighted by molar-refractivity contribution is 5.23. The maximum absolute atomic E-state index is 6.33. The Morgan fingerprint density at radius 2 is 2.33 bits per heavy atom. The first-order chi connectivity index (χ1) is 8.65. The lowest BCUT2D eigenvalue weighted by Crippen LogP contribution is -2.47. The molecule has 0 bridgehead atoms. The summed E-state index contributed by atoms with van der Waals surface area (Å²) in [6.07, 6.45) is 4.22. The Kier molecular flexibility index (Phi) is 4.37. The van der Waals surface area contributed by atoms with Gasteiger partial charge in [0.15, 0.2) is 0 Å². The molecule has 1 fully saturated rings. The largest absolute Gasteiger partial charge is 0.383 e. The van der Waals surface area contributed by atoms with Gasteiger partial charge in [-0.25, -0.2) is 0 Å². The molecule has 0 aromatic carbocycles. The fourth-order valence-corrected chi connectivity index (χ4v) is 2.79. The number of hydrogen-bond donors (Lipinski definition) is 1. The molecule has 1 saturated heterocycles. The van der Waals surface area contributed by atoms with Gasteiger partial charge in [-0.15, -0.1) is 0 Å². The van der Waals surface area contributed by atoms with Crippen molar-refractivity contribution in [3.63, 3.8) is 0 Å². The van der Waals surface area contributed by atoms with Crippen molar-refractivity contribution in [1.82, 2.24) is 14.7 Å². The molecule has 2 unspecified atom stereocenters. The summed E-state index contributed by atoms with van der Waals surface area (Å²) in [5.74, 6) is 0. The molecule has 1 aromatic rings. The minimum Gasteiger partial charge on any atom is -0.383 e. The first kappa shape index (κ1) is 13.5. The van der Waals surface area contributed by atoms with Gasteiger partial charge in [-0.1, -0.05) is 0 Å². The normalized spacial score (nSPS) is 25.6. The maximum atomic E-state index is 6.33. The lowest BCUT2D eigenvalue weighted by molar-refractivity contribution is 0.0844. The molecule has 1 aromatic heterocycles. The number of aromatic nitrogens is 2. The zero-order valence-corrected chi connectivity index (χ0v) is 11.6. The molecule has 0 amide bonds. The van der Waals surface area contributed by atoms with Crippen molar-refractivity contribution in [3.8, 4) is 0 Å². The van der Waals surface area contributed by atoms with Crippen molar-refractivity contribution >= 4 is 0 Å². The molecule has 0 aliphatic carbocycles.